The zero-order valence-corrected chi connectivity index (χ0v) is 11.0. The normalized spacial score (nSPS) is 10.8. The molecule has 0 spiro atoms. The molecular weight excluding hydrogens is 250 g/mol. The van der Waals surface area contributed by atoms with E-state index in [0.29, 0.717) is 17.6 Å². The first-order valence-electron chi connectivity index (χ1n) is 6.57. The Morgan fingerprint density at radius 2 is 1.60 bits per heavy atom. The topological polar surface area (TPSA) is 56.2 Å². The maximum atomic E-state index is 12.0. The molecule has 3 rings (SSSR count). The number of hydrogen-bond acceptors (Lipinski definition) is 3. The van der Waals surface area contributed by atoms with E-state index in [2.05, 4.69) is 0 Å². The zero-order valence-electron chi connectivity index (χ0n) is 11.0. The molecule has 0 amide bonds. The van der Waals surface area contributed by atoms with Crippen LogP contribution in [-0.2, 0) is 13.0 Å². The van der Waals surface area contributed by atoms with Gasteiger partial charge in [-0.2, -0.15) is 0 Å². The molecular formula is C17H15NO2. The molecule has 3 nitrogen and oxygen atoms in total. The first-order valence-corrected chi connectivity index (χ1v) is 6.57. The van der Waals surface area contributed by atoms with E-state index in [1.54, 1.807) is 0 Å². The van der Waals surface area contributed by atoms with Crippen molar-refractivity contribution < 1.29 is 4.42 Å². The Labute approximate surface area is 116 Å². The van der Waals surface area contributed by atoms with Gasteiger partial charge in [-0.1, -0.05) is 48.5 Å². The van der Waals surface area contributed by atoms with Crippen LogP contribution in [0.2, 0.25) is 0 Å². The highest BCUT2D eigenvalue weighted by molar-refractivity contribution is 5.81. The number of hydrogen-bond donors (Lipinski definition) is 1. The van der Waals surface area contributed by atoms with Gasteiger partial charge in [-0.25, -0.2) is 4.79 Å². The van der Waals surface area contributed by atoms with Crippen molar-refractivity contribution in [3.05, 3.63) is 81.7 Å². The average molecular weight is 265 g/mol. The molecule has 2 aromatic carbocycles. The lowest BCUT2D eigenvalue weighted by Crippen LogP contribution is -2.16. The summed E-state index contributed by atoms with van der Waals surface area (Å²) < 4.78 is 5.33. The SMILES string of the molecule is NCc1c(Cc2ccccc2)c2ccccc2oc1=O. The van der Waals surface area contributed by atoms with Gasteiger partial charge in [-0.3, -0.25) is 0 Å². The summed E-state index contributed by atoms with van der Waals surface area (Å²) in [5.74, 6) is 0. The Morgan fingerprint density at radius 1 is 0.900 bits per heavy atom. The summed E-state index contributed by atoms with van der Waals surface area (Å²) in [6, 6.07) is 17.6. The zero-order chi connectivity index (χ0) is 13.9. The van der Waals surface area contributed by atoms with E-state index in [1.807, 2.05) is 54.6 Å². The minimum Gasteiger partial charge on any atom is -0.422 e. The molecule has 20 heavy (non-hydrogen) atoms. The van der Waals surface area contributed by atoms with Crippen molar-refractivity contribution in [3.63, 3.8) is 0 Å². The van der Waals surface area contributed by atoms with E-state index < -0.39 is 0 Å². The first-order chi connectivity index (χ1) is 9.79. The highest BCUT2D eigenvalue weighted by Gasteiger charge is 2.13. The van der Waals surface area contributed by atoms with Gasteiger partial charge in [0, 0.05) is 11.9 Å². The Balaban J connectivity index is 2.24. The van der Waals surface area contributed by atoms with Crippen LogP contribution in [0.5, 0.6) is 0 Å². The predicted molar refractivity (Wildman–Crippen MR) is 79.6 cm³/mol. The number of para-hydroxylation sites is 1. The minimum atomic E-state index is -0.336. The summed E-state index contributed by atoms with van der Waals surface area (Å²) in [5.41, 5.74) is 8.69. The number of rotatable bonds is 3. The van der Waals surface area contributed by atoms with E-state index in [1.165, 1.54) is 0 Å². The van der Waals surface area contributed by atoms with Crippen LogP contribution in [0.4, 0.5) is 0 Å². The fourth-order valence-corrected chi connectivity index (χ4v) is 2.46. The quantitative estimate of drug-likeness (QED) is 0.741. The molecule has 3 heteroatoms. The van der Waals surface area contributed by atoms with E-state index in [0.717, 1.165) is 16.5 Å². The number of nitrogens with two attached hydrogens (primary N) is 1. The van der Waals surface area contributed by atoms with Crippen LogP contribution < -0.4 is 11.4 Å². The maximum absolute atomic E-state index is 12.0. The van der Waals surface area contributed by atoms with Crippen LogP contribution in [-0.4, -0.2) is 0 Å². The lowest BCUT2D eigenvalue weighted by Gasteiger charge is -2.10. The fraction of sp³-hybridized carbons (Fsp3) is 0.118. The predicted octanol–water partition coefficient (Wildman–Crippen LogP) is 2.84. The summed E-state index contributed by atoms with van der Waals surface area (Å²) in [7, 11) is 0. The molecule has 0 unspecified atom stereocenters. The Kier molecular flexibility index (Phi) is 3.35. The standard InChI is InChI=1S/C17H15NO2/c18-11-15-14(10-12-6-2-1-3-7-12)13-8-4-5-9-16(13)20-17(15)19/h1-9H,10-11,18H2. The molecule has 0 bridgehead atoms. The molecule has 0 aliphatic heterocycles. The van der Waals surface area contributed by atoms with Gasteiger partial charge in [0.2, 0.25) is 0 Å². The number of fused-ring (bicyclic) bond motifs is 1. The van der Waals surface area contributed by atoms with Gasteiger partial charge >= 0.3 is 5.63 Å². The molecule has 0 aliphatic rings. The van der Waals surface area contributed by atoms with Crippen LogP contribution in [0, 0.1) is 0 Å². The van der Waals surface area contributed by atoms with Gasteiger partial charge in [0.15, 0.2) is 0 Å². The summed E-state index contributed by atoms with van der Waals surface area (Å²) in [6.45, 7) is 0.190. The minimum absolute atomic E-state index is 0.190. The second-order valence-corrected chi connectivity index (χ2v) is 4.71. The molecule has 0 aliphatic carbocycles. The van der Waals surface area contributed by atoms with Gasteiger partial charge < -0.3 is 10.2 Å². The number of benzene rings is 2. The molecule has 0 atom stereocenters. The summed E-state index contributed by atoms with van der Waals surface area (Å²) >= 11 is 0. The Morgan fingerprint density at radius 3 is 2.35 bits per heavy atom. The van der Waals surface area contributed by atoms with Crippen LogP contribution in [0.25, 0.3) is 11.0 Å². The van der Waals surface area contributed by atoms with Crippen LogP contribution in [0.3, 0.4) is 0 Å². The summed E-state index contributed by atoms with van der Waals surface area (Å²) in [4.78, 5) is 12.0. The van der Waals surface area contributed by atoms with Crippen molar-refractivity contribution in [3.8, 4) is 0 Å². The lowest BCUT2D eigenvalue weighted by molar-refractivity contribution is 0.548. The monoisotopic (exact) mass is 265 g/mol. The maximum Gasteiger partial charge on any atom is 0.341 e. The molecule has 3 aromatic rings. The van der Waals surface area contributed by atoms with Gasteiger partial charge in [-0.05, 0) is 23.6 Å². The lowest BCUT2D eigenvalue weighted by atomic mass is 9.97. The van der Waals surface area contributed by atoms with Crippen molar-refractivity contribution >= 4 is 11.0 Å². The van der Waals surface area contributed by atoms with Gasteiger partial charge in [0.05, 0.1) is 5.56 Å². The molecule has 0 saturated heterocycles. The molecule has 100 valence electrons. The second-order valence-electron chi connectivity index (χ2n) is 4.71. The average Bonchev–Trinajstić information content (AvgIpc) is 2.48. The van der Waals surface area contributed by atoms with Crippen molar-refractivity contribution in [2.75, 3.05) is 0 Å². The van der Waals surface area contributed by atoms with Crippen molar-refractivity contribution in [1.82, 2.24) is 0 Å². The van der Waals surface area contributed by atoms with E-state index in [9.17, 15) is 4.79 Å². The summed E-state index contributed by atoms with van der Waals surface area (Å²) in [5, 5.41) is 0.955. The van der Waals surface area contributed by atoms with Crippen molar-refractivity contribution in [2.24, 2.45) is 5.73 Å². The van der Waals surface area contributed by atoms with E-state index in [4.69, 9.17) is 10.2 Å². The molecule has 1 aromatic heterocycles. The fourth-order valence-electron chi connectivity index (χ4n) is 2.46. The van der Waals surface area contributed by atoms with Crippen LogP contribution >= 0.6 is 0 Å². The smallest absolute Gasteiger partial charge is 0.341 e. The molecule has 0 saturated carbocycles. The largest absolute Gasteiger partial charge is 0.422 e. The van der Waals surface area contributed by atoms with Crippen molar-refractivity contribution in [2.45, 2.75) is 13.0 Å². The highest BCUT2D eigenvalue weighted by Crippen LogP contribution is 2.22. The summed E-state index contributed by atoms with van der Waals surface area (Å²) in [6.07, 6.45) is 0.680. The van der Waals surface area contributed by atoms with E-state index in [-0.39, 0.29) is 12.2 Å². The molecule has 0 fully saturated rings. The third-order valence-corrected chi connectivity index (χ3v) is 3.45. The molecule has 2 N–H and O–H groups in total. The Hall–Kier alpha value is -2.39. The second kappa shape index (κ2) is 5.31. The third kappa shape index (κ3) is 2.24. The van der Waals surface area contributed by atoms with Crippen LogP contribution in [0.1, 0.15) is 16.7 Å². The third-order valence-electron chi connectivity index (χ3n) is 3.45. The van der Waals surface area contributed by atoms with E-state index >= 15 is 0 Å². The van der Waals surface area contributed by atoms with Gasteiger partial charge in [0.25, 0.3) is 0 Å². The first kappa shape index (κ1) is 12.6. The van der Waals surface area contributed by atoms with Crippen molar-refractivity contribution in [1.29, 1.82) is 0 Å². The van der Waals surface area contributed by atoms with Gasteiger partial charge in [0.1, 0.15) is 5.58 Å². The Bertz CT molecular complexity index is 791. The highest BCUT2D eigenvalue weighted by atomic mass is 16.4. The van der Waals surface area contributed by atoms with Gasteiger partial charge in [-0.15, -0.1) is 0 Å². The molecule has 1 heterocycles. The molecule has 0 radical (unpaired) electrons. The van der Waals surface area contributed by atoms with Crippen LogP contribution in [0.15, 0.2) is 63.8 Å².